The molecule has 4 nitrogen and oxygen atoms in total. The Balaban J connectivity index is 1.93. The number of rotatable bonds is 5. The van der Waals surface area contributed by atoms with Crippen LogP contribution in [0.1, 0.15) is 18.5 Å². The Hall–Kier alpha value is -1.52. The summed E-state index contributed by atoms with van der Waals surface area (Å²) < 4.78 is 7.42. The van der Waals surface area contributed by atoms with Crippen molar-refractivity contribution in [2.24, 2.45) is 5.73 Å². The van der Waals surface area contributed by atoms with Crippen LogP contribution in [0, 0.1) is 0 Å². The summed E-state index contributed by atoms with van der Waals surface area (Å²) >= 11 is 6.13. The number of nitrogens with two attached hydrogens (primary N) is 1. The van der Waals surface area contributed by atoms with Crippen molar-refractivity contribution in [3.05, 3.63) is 47.2 Å². The highest BCUT2D eigenvalue weighted by atomic mass is 35.5. The second kappa shape index (κ2) is 5.89. The van der Waals surface area contributed by atoms with E-state index in [1.165, 1.54) is 0 Å². The van der Waals surface area contributed by atoms with E-state index in [0.717, 1.165) is 5.56 Å². The summed E-state index contributed by atoms with van der Waals surface area (Å²) in [7, 11) is 0. The lowest BCUT2D eigenvalue weighted by atomic mass is 10.1. The molecule has 0 radical (unpaired) electrons. The molecule has 0 aliphatic carbocycles. The Morgan fingerprint density at radius 1 is 1.50 bits per heavy atom. The fourth-order valence-electron chi connectivity index (χ4n) is 1.60. The standard InChI is InChI=1S/C13H16ClN3O/c1-10(15)11-3-4-13(12(14)9-11)18-8-7-17-6-2-5-16-17/h2-6,9-10H,7-8,15H2,1H3. The number of halogens is 1. The Labute approximate surface area is 111 Å². The molecule has 0 fully saturated rings. The van der Waals surface area contributed by atoms with Gasteiger partial charge >= 0.3 is 0 Å². The molecule has 1 aromatic heterocycles. The van der Waals surface area contributed by atoms with Gasteiger partial charge in [-0.25, -0.2) is 0 Å². The first kappa shape index (κ1) is 12.9. The molecule has 0 aliphatic rings. The summed E-state index contributed by atoms with van der Waals surface area (Å²) in [6.45, 7) is 3.14. The molecule has 1 unspecified atom stereocenters. The molecule has 0 aliphatic heterocycles. The third-order valence-corrected chi connectivity index (χ3v) is 2.91. The monoisotopic (exact) mass is 265 g/mol. The summed E-state index contributed by atoms with van der Waals surface area (Å²) in [6.07, 6.45) is 3.63. The molecule has 2 N–H and O–H groups in total. The fourth-order valence-corrected chi connectivity index (χ4v) is 1.84. The van der Waals surface area contributed by atoms with Gasteiger partial charge in [0, 0.05) is 18.4 Å². The summed E-state index contributed by atoms with van der Waals surface area (Å²) in [5.41, 5.74) is 6.79. The van der Waals surface area contributed by atoms with E-state index in [9.17, 15) is 0 Å². The highest BCUT2D eigenvalue weighted by Gasteiger charge is 2.05. The van der Waals surface area contributed by atoms with E-state index in [-0.39, 0.29) is 6.04 Å². The quantitative estimate of drug-likeness (QED) is 0.904. The van der Waals surface area contributed by atoms with Crippen LogP contribution < -0.4 is 10.5 Å². The van der Waals surface area contributed by atoms with Crippen LogP contribution in [0.15, 0.2) is 36.7 Å². The molecule has 5 heteroatoms. The van der Waals surface area contributed by atoms with Crippen LogP contribution in [-0.4, -0.2) is 16.4 Å². The number of ether oxygens (including phenoxy) is 1. The molecule has 0 bridgehead atoms. The van der Waals surface area contributed by atoms with Gasteiger partial charge in [-0.05, 0) is 30.7 Å². The number of aromatic nitrogens is 2. The van der Waals surface area contributed by atoms with E-state index in [1.54, 1.807) is 6.20 Å². The maximum absolute atomic E-state index is 6.13. The Bertz CT molecular complexity index is 497. The van der Waals surface area contributed by atoms with Crippen LogP contribution in [0.3, 0.4) is 0 Å². The molecule has 0 saturated carbocycles. The van der Waals surface area contributed by atoms with Gasteiger partial charge in [0.25, 0.3) is 0 Å². The average molecular weight is 266 g/mol. The molecule has 1 atom stereocenters. The van der Waals surface area contributed by atoms with E-state index in [4.69, 9.17) is 22.1 Å². The van der Waals surface area contributed by atoms with E-state index < -0.39 is 0 Å². The van der Waals surface area contributed by atoms with Gasteiger partial charge in [-0.3, -0.25) is 4.68 Å². The zero-order chi connectivity index (χ0) is 13.0. The minimum Gasteiger partial charge on any atom is -0.490 e. The first-order valence-corrected chi connectivity index (χ1v) is 6.20. The Morgan fingerprint density at radius 2 is 2.33 bits per heavy atom. The lowest BCUT2D eigenvalue weighted by Gasteiger charge is -2.11. The number of nitrogens with zero attached hydrogens (tertiary/aromatic N) is 2. The van der Waals surface area contributed by atoms with Crippen molar-refractivity contribution in [2.75, 3.05) is 6.61 Å². The van der Waals surface area contributed by atoms with E-state index in [0.29, 0.717) is 23.9 Å². The minimum absolute atomic E-state index is 0.0272. The van der Waals surface area contributed by atoms with Crippen LogP contribution in [0.25, 0.3) is 0 Å². The molecular weight excluding hydrogens is 250 g/mol. The lowest BCUT2D eigenvalue weighted by molar-refractivity contribution is 0.291. The highest BCUT2D eigenvalue weighted by Crippen LogP contribution is 2.27. The average Bonchev–Trinajstić information content (AvgIpc) is 2.84. The van der Waals surface area contributed by atoms with Crippen molar-refractivity contribution in [1.82, 2.24) is 9.78 Å². The van der Waals surface area contributed by atoms with Crippen molar-refractivity contribution in [2.45, 2.75) is 19.5 Å². The maximum Gasteiger partial charge on any atom is 0.138 e. The molecule has 2 aromatic rings. The lowest BCUT2D eigenvalue weighted by Crippen LogP contribution is -2.09. The molecule has 96 valence electrons. The zero-order valence-corrected chi connectivity index (χ0v) is 11.0. The molecular formula is C13H16ClN3O. The van der Waals surface area contributed by atoms with Crippen LogP contribution in [-0.2, 0) is 6.54 Å². The molecule has 0 amide bonds. The van der Waals surface area contributed by atoms with Gasteiger partial charge < -0.3 is 10.5 Å². The van der Waals surface area contributed by atoms with E-state index in [1.807, 2.05) is 42.1 Å². The van der Waals surface area contributed by atoms with Crippen molar-refractivity contribution in [3.63, 3.8) is 0 Å². The van der Waals surface area contributed by atoms with Crippen molar-refractivity contribution >= 4 is 11.6 Å². The SMILES string of the molecule is CC(N)c1ccc(OCCn2cccn2)c(Cl)c1. The van der Waals surface area contributed by atoms with Crippen LogP contribution in [0.4, 0.5) is 0 Å². The fraction of sp³-hybridized carbons (Fsp3) is 0.308. The summed E-state index contributed by atoms with van der Waals surface area (Å²) in [5.74, 6) is 0.674. The Morgan fingerprint density at radius 3 is 2.94 bits per heavy atom. The van der Waals surface area contributed by atoms with Crippen molar-refractivity contribution in [1.29, 1.82) is 0 Å². The normalized spacial score (nSPS) is 12.4. The zero-order valence-electron chi connectivity index (χ0n) is 10.2. The van der Waals surface area contributed by atoms with Gasteiger partial charge in [-0.1, -0.05) is 17.7 Å². The van der Waals surface area contributed by atoms with Gasteiger partial charge in [0.15, 0.2) is 0 Å². The smallest absolute Gasteiger partial charge is 0.138 e. The molecule has 0 spiro atoms. The van der Waals surface area contributed by atoms with Gasteiger partial charge in [-0.2, -0.15) is 5.10 Å². The molecule has 1 heterocycles. The van der Waals surface area contributed by atoms with Crippen LogP contribution in [0.5, 0.6) is 5.75 Å². The van der Waals surface area contributed by atoms with E-state index in [2.05, 4.69) is 5.10 Å². The van der Waals surface area contributed by atoms with Gasteiger partial charge in [0.2, 0.25) is 0 Å². The molecule has 1 aromatic carbocycles. The van der Waals surface area contributed by atoms with Crippen LogP contribution in [0.2, 0.25) is 5.02 Å². The van der Waals surface area contributed by atoms with Gasteiger partial charge in [0.05, 0.1) is 11.6 Å². The first-order valence-electron chi connectivity index (χ1n) is 5.82. The third kappa shape index (κ3) is 3.24. The second-order valence-electron chi connectivity index (χ2n) is 4.10. The Kier molecular flexibility index (Phi) is 4.23. The molecule has 0 saturated heterocycles. The largest absolute Gasteiger partial charge is 0.490 e. The summed E-state index contributed by atoms with van der Waals surface area (Å²) in [4.78, 5) is 0. The minimum atomic E-state index is -0.0272. The topological polar surface area (TPSA) is 53.1 Å². The number of benzene rings is 1. The maximum atomic E-state index is 6.13. The second-order valence-corrected chi connectivity index (χ2v) is 4.50. The molecule has 18 heavy (non-hydrogen) atoms. The number of hydrogen-bond acceptors (Lipinski definition) is 3. The molecule has 2 rings (SSSR count). The highest BCUT2D eigenvalue weighted by molar-refractivity contribution is 6.32. The van der Waals surface area contributed by atoms with Gasteiger partial charge in [-0.15, -0.1) is 0 Å². The van der Waals surface area contributed by atoms with E-state index >= 15 is 0 Å². The summed E-state index contributed by atoms with van der Waals surface area (Å²) in [5, 5.41) is 4.68. The predicted octanol–water partition coefficient (Wildman–Crippen LogP) is 2.64. The summed E-state index contributed by atoms with van der Waals surface area (Å²) in [6, 6.07) is 7.48. The third-order valence-electron chi connectivity index (χ3n) is 2.62. The van der Waals surface area contributed by atoms with Crippen molar-refractivity contribution < 1.29 is 4.74 Å². The predicted molar refractivity (Wildman–Crippen MR) is 71.8 cm³/mol. The van der Waals surface area contributed by atoms with Gasteiger partial charge in [0.1, 0.15) is 12.4 Å². The number of hydrogen-bond donors (Lipinski definition) is 1. The van der Waals surface area contributed by atoms with Crippen LogP contribution >= 0.6 is 11.6 Å². The van der Waals surface area contributed by atoms with Crippen molar-refractivity contribution in [3.8, 4) is 5.75 Å². The first-order chi connectivity index (χ1) is 8.66.